The van der Waals surface area contributed by atoms with E-state index in [1.807, 2.05) is 12.1 Å². The van der Waals surface area contributed by atoms with Gasteiger partial charge in [0.15, 0.2) is 0 Å². The average molecular weight is 198 g/mol. The second-order valence-corrected chi connectivity index (χ2v) is 3.20. The molecule has 0 heterocycles. The van der Waals surface area contributed by atoms with Gasteiger partial charge < -0.3 is 0 Å². The van der Waals surface area contributed by atoms with Crippen molar-refractivity contribution in [2.24, 2.45) is 0 Å². The molecule has 0 radical (unpaired) electrons. The predicted octanol–water partition coefficient (Wildman–Crippen LogP) is -0.357. The minimum absolute atomic E-state index is 0.405. The molecular formula is C7H7AsO2. The molecule has 0 amide bonds. The van der Waals surface area contributed by atoms with E-state index in [0.29, 0.717) is 5.56 Å². The third-order valence-corrected chi connectivity index (χ3v) is 2.25. The molecule has 1 atom stereocenters. The minimum atomic E-state index is -0.847. The van der Waals surface area contributed by atoms with E-state index in [2.05, 4.69) is 0 Å². The van der Waals surface area contributed by atoms with Gasteiger partial charge in [-0.1, -0.05) is 0 Å². The van der Waals surface area contributed by atoms with Crippen LogP contribution in [0.2, 0.25) is 0 Å². The van der Waals surface area contributed by atoms with Gasteiger partial charge in [0.25, 0.3) is 0 Å². The van der Waals surface area contributed by atoms with Crippen molar-refractivity contribution in [1.29, 1.82) is 0 Å². The molecule has 2 nitrogen and oxygen atoms in total. The summed E-state index contributed by atoms with van der Waals surface area (Å²) in [5.41, 5.74) is 0.405. The molecule has 1 rings (SSSR count). The molecule has 0 bridgehead atoms. The molecule has 0 aliphatic heterocycles. The molecule has 0 saturated heterocycles. The van der Waals surface area contributed by atoms with Gasteiger partial charge in [0.05, 0.1) is 0 Å². The third-order valence-electron chi connectivity index (χ3n) is 1.19. The predicted molar refractivity (Wildman–Crippen MR) is 41.6 cm³/mol. The van der Waals surface area contributed by atoms with Crippen LogP contribution in [-0.2, 0) is 0 Å². The first-order valence-electron chi connectivity index (χ1n) is 2.79. The van der Waals surface area contributed by atoms with E-state index < -0.39 is 5.97 Å². The van der Waals surface area contributed by atoms with Gasteiger partial charge in [-0.15, -0.1) is 0 Å². The Morgan fingerprint density at radius 3 is 2.40 bits per heavy atom. The van der Waals surface area contributed by atoms with Crippen molar-refractivity contribution in [3.05, 3.63) is 29.8 Å². The molecular weight excluding hydrogens is 191 g/mol. The second kappa shape index (κ2) is 2.89. The average Bonchev–Trinajstić information content (AvgIpc) is 1.88. The maximum atomic E-state index is 10.4. The van der Waals surface area contributed by atoms with Crippen molar-refractivity contribution < 1.29 is 9.90 Å². The van der Waals surface area contributed by atoms with Crippen molar-refractivity contribution in [3.8, 4) is 0 Å². The van der Waals surface area contributed by atoms with Gasteiger partial charge in [-0.05, 0) is 0 Å². The van der Waals surface area contributed by atoms with Crippen LogP contribution >= 0.6 is 0 Å². The Bertz CT molecular complexity index is 258. The number of aromatic carboxylic acids is 1. The summed E-state index contributed by atoms with van der Waals surface area (Å²) in [7, 11) is 0. The van der Waals surface area contributed by atoms with Gasteiger partial charge in [-0.2, -0.15) is 0 Å². The molecule has 3 heteroatoms. The summed E-state index contributed by atoms with van der Waals surface area (Å²) in [6, 6.07) is 6.99. The second-order valence-electron chi connectivity index (χ2n) is 1.89. The molecule has 1 N–H and O–H groups in total. The Morgan fingerprint density at radius 1 is 1.40 bits per heavy atom. The Labute approximate surface area is 67.4 Å². The Kier molecular flexibility index (Phi) is 2.13. The van der Waals surface area contributed by atoms with E-state index in [0.717, 1.165) is 4.35 Å². The van der Waals surface area contributed by atoms with Crippen molar-refractivity contribution in [2.45, 2.75) is 0 Å². The van der Waals surface area contributed by atoms with Crippen molar-refractivity contribution in [1.82, 2.24) is 0 Å². The first-order chi connectivity index (χ1) is 4.72. The SMILES string of the molecule is O=C(O)c1ccccc1[AsH2]. The summed E-state index contributed by atoms with van der Waals surface area (Å²) >= 11 is 1.34. The number of hydrogen-bond acceptors (Lipinski definition) is 1. The fourth-order valence-corrected chi connectivity index (χ4v) is 1.39. The van der Waals surface area contributed by atoms with Crippen molar-refractivity contribution in [2.75, 3.05) is 0 Å². The molecule has 0 spiro atoms. The van der Waals surface area contributed by atoms with E-state index in [1.54, 1.807) is 12.1 Å². The first-order valence-corrected chi connectivity index (χ1v) is 4.01. The molecule has 1 aromatic carbocycles. The van der Waals surface area contributed by atoms with Crippen LogP contribution in [0, 0.1) is 0 Å². The Hall–Kier alpha value is -0.752. The van der Waals surface area contributed by atoms with Gasteiger partial charge in [0.1, 0.15) is 0 Å². The molecule has 0 aliphatic carbocycles. The number of carbonyl (C=O) groups is 1. The summed E-state index contributed by atoms with van der Waals surface area (Å²) in [6.45, 7) is 0. The Balaban J connectivity index is 3.15. The molecule has 0 fully saturated rings. The number of carboxylic acid groups (broad SMARTS) is 1. The van der Waals surface area contributed by atoms with Gasteiger partial charge in [0, 0.05) is 0 Å². The third kappa shape index (κ3) is 1.39. The summed E-state index contributed by atoms with van der Waals surface area (Å²) in [5.74, 6) is -0.847. The van der Waals surface area contributed by atoms with Crippen molar-refractivity contribution in [3.63, 3.8) is 0 Å². The zero-order valence-electron chi connectivity index (χ0n) is 5.24. The van der Waals surface area contributed by atoms with E-state index in [1.165, 1.54) is 16.9 Å². The summed E-state index contributed by atoms with van der Waals surface area (Å²) < 4.78 is 0.863. The molecule has 1 unspecified atom stereocenters. The van der Waals surface area contributed by atoms with Crippen molar-refractivity contribution >= 4 is 27.2 Å². The summed E-state index contributed by atoms with van der Waals surface area (Å²) in [5, 5.41) is 8.58. The van der Waals surface area contributed by atoms with E-state index in [4.69, 9.17) is 5.11 Å². The van der Waals surface area contributed by atoms with E-state index in [-0.39, 0.29) is 0 Å². The first kappa shape index (κ1) is 7.36. The van der Waals surface area contributed by atoms with Crippen LogP contribution in [0.15, 0.2) is 24.3 Å². The van der Waals surface area contributed by atoms with Gasteiger partial charge >= 0.3 is 66.9 Å². The zero-order valence-corrected chi connectivity index (χ0v) is 7.66. The van der Waals surface area contributed by atoms with E-state index in [9.17, 15) is 4.79 Å². The van der Waals surface area contributed by atoms with Crippen LogP contribution in [0.5, 0.6) is 0 Å². The standard InChI is InChI=1S/C7H7AsO2/c8-6-4-2-1-3-5(6)7(9)10/h1-4H,8H2,(H,9,10). The topological polar surface area (TPSA) is 37.3 Å². The molecule has 10 heavy (non-hydrogen) atoms. The molecule has 1 aromatic rings. The van der Waals surface area contributed by atoms with E-state index >= 15 is 0 Å². The molecule has 0 aliphatic rings. The van der Waals surface area contributed by atoms with Crippen LogP contribution in [0.3, 0.4) is 0 Å². The number of hydrogen-bond donors (Lipinski definition) is 1. The zero-order chi connectivity index (χ0) is 7.56. The number of carboxylic acids is 1. The van der Waals surface area contributed by atoms with Gasteiger partial charge in [-0.3, -0.25) is 0 Å². The van der Waals surface area contributed by atoms with Gasteiger partial charge in [0.2, 0.25) is 0 Å². The van der Waals surface area contributed by atoms with Crippen LogP contribution in [0.25, 0.3) is 0 Å². The maximum absolute atomic E-state index is 10.4. The summed E-state index contributed by atoms with van der Waals surface area (Å²) in [4.78, 5) is 10.4. The molecule has 0 aromatic heterocycles. The number of rotatable bonds is 1. The molecule has 0 saturated carbocycles. The van der Waals surface area contributed by atoms with Gasteiger partial charge in [-0.25, -0.2) is 0 Å². The van der Waals surface area contributed by atoms with Crippen LogP contribution < -0.4 is 4.35 Å². The quantitative estimate of drug-likeness (QED) is 0.626. The van der Waals surface area contributed by atoms with Crippen LogP contribution in [0.1, 0.15) is 10.4 Å². The van der Waals surface area contributed by atoms with Crippen LogP contribution in [0.4, 0.5) is 0 Å². The number of benzene rings is 1. The summed E-state index contributed by atoms with van der Waals surface area (Å²) in [6.07, 6.45) is 0. The molecule has 52 valence electrons. The fourth-order valence-electron chi connectivity index (χ4n) is 0.692. The van der Waals surface area contributed by atoms with Crippen LogP contribution in [-0.4, -0.2) is 27.9 Å². The fraction of sp³-hybridized carbons (Fsp3) is 0. The normalized spacial score (nSPS) is 9.30. The monoisotopic (exact) mass is 198 g/mol. The Morgan fingerprint density at radius 2 is 2.00 bits per heavy atom.